The maximum absolute atomic E-state index is 13.9. The third-order valence-corrected chi connectivity index (χ3v) is 12.1. The van der Waals surface area contributed by atoms with Gasteiger partial charge in [0.05, 0.1) is 23.6 Å². The number of nitrogens with one attached hydrogen (secondary N) is 5. The van der Waals surface area contributed by atoms with Crippen LogP contribution in [-0.4, -0.2) is 98.7 Å². The molecule has 0 radical (unpaired) electrons. The van der Waals surface area contributed by atoms with Crippen LogP contribution < -0.4 is 30.9 Å². The predicted octanol–water partition coefficient (Wildman–Crippen LogP) is 5.34. The summed E-state index contributed by atoms with van der Waals surface area (Å²) < 4.78 is 68.5. The molecule has 2 aromatic carbocycles. The number of aryl methyl sites for hydroxylation is 1. The highest BCUT2D eigenvalue weighted by molar-refractivity contribution is 7.92. The summed E-state index contributed by atoms with van der Waals surface area (Å²) in [5.41, 5.74) is 1.08. The van der Waals surface area contributed by atoms with Gasteiger partial charge < -0.3 is 21.3 Å². The second-order valence-electron chi connectivity index (χ2n) is 15.8. The summed E-state index contributed by atoms with van der Waals surface area (Å²) in [7, 11) is -2.41. The fourth-order valence-electron chi connectivity index (χ4n) is 7.44. The molecule has 7 rings (SSSR count). The van der Waals surface area contributed by atoms with Gasteiger partial charge in [0.1, 0.15) is 23.2 Å². The van der Waals surface area contributed by atoms with Crippen molar-refractivity contribution in [2.45, 2.75) is 76.7 Å². The molecule has 0 saturated carbocycles. The topological polar surface area (TPSA) is 255 Å². The van der Waals surface area contributed by atoms with Crippen LogP contribution in [0.4, 0.5) is 47.8 Å². The summed E-state index contributed by atoms with van der Waals surface area (Å²) in [5.74, 6) is -3.35. The van der Waals surface area contributed by atoms with Gasteiger partial charge in [-0.1, -0.05) is 43.0 Å². The lowest BCUT2D eigenvalue weighted by molar-refractivity contribution is -0.138. The van der Waals surface area contributed by atoms with E-state index in [2.05, 4.69) is 51.8 Å². The van der Waals surface area contributed by atoms with Crippen LogP contribution in [0.15, 0.2) is 73.2 Å². The lowest BCUT2D eigenvalue weighted by Gasteiger charge is -2.27. The van der Waals surface area contributed by atoms with Gasteiger partial charge in [-0.25, -0.2) is 18.4 Å². The largest absolute Gasteiger partial charge is 0.421 e. The van der Waals surface area contributed by atoms with Crippen molar-refractivity contribution in [1.82, 2.24) is 40.2 Å². The smallest absolute Gasteiger partial charge is 0.384 e. The molecule has 2 aliphatic heterocycles. The Labute approximate surface area is 382 Å². The number of hydrogen-bond acceptors (Lipinski definition) is 15. The quantitative estimate of drug-likeness (QED) is 0.0488. The lowest BCUT2D eigenvalue weighted by atomic mass is 10.0. The number of anilines is 6. The monoisotopic (exact) mass is 945 g/mol. The first-order chi connectivity index (χ1) is 32.0. The van der Waals surface area contributed by atoms with Crippen LogP contribution in [0.5, 0.6) is 0 Å². The number of hydrogen-bond donors (Lipinski definition) is 5. The normalized spacial score (nSPS) is 15.0. The van der Waals surface area contributed by atoms with Crippen LogP contribution in [0.3, 0.4) is 0 Å². The van der Waals surface area contributed by atoms with Gasteiger partial charge in [0, 0.05) is 68.1 Å². The number of amides is 5. The summed E-state index contributed by atoms with van der Waals surface area (Å²) in [6, 6.07) is 13.3. The first kappa shape index (κ1) is 47.5. The number of rotatable bonds is 20. The summed E-state index contributed by atoms with van der Waals surface area (Å²) in [6.07, 6.45) is 5.27. The molecule has 67 heavy (non-hydrogen) atoms. The number of aromatic nitrogens is 6. The van der Waals surface area contributed by atoms with E-state index in [0.717, 1.165) is 54.0 Å². The van der Waals surface area contributed by atoms with Crippen LogP contribution in [-0.2, 0) is 38.9 Å². The SMILES string of the molecule is CN(c1ncccc1CNc1nc(Nc2ccc(NC(=O)c3cn(CCCCCCCCNc4cccc5c4C(=O)N(C4CCC(=O)NC4=O)C5=O)nn3)cc2)ncc1C(F)(F)F)S(C)(=O)=O. The Morgan fingerprint density at radius 3 is 2.37 bits per heavy atom. The molecule has 3 aromatic heterocycles. The molecule has 2 aliphatic rings. The summed E-state index contributed by atoms with van der Waals surface area (Å²) in [6.45, 7) is 0.893. The molecule has 1 fully saturated rings. The predicted molar refractivity (Wildman–Crippen MR) is 239 cm³/mol. The number of nitrogens with zero attached hydrogens (tertiary/aromatic N) is 8. The van der Waals surface area contributed by atoms with E-state index in [4.69, 9.17) is 0 Å². The van der Waals surface area contributed by atoms with E-state index in [1.165, 1.54) is 25.4 Å². The van der Waals surface area contributed by atoms with Crippen molar-refractivity contribution in [2.75, 3.05) is 45.4 Å². The Morgan fingerprint density at radius 1 is 0.910 bits per heavy atom. The van der Waals surface area contributed by atoms with Gasteiger partial charge in [-0.15, -0.1) is 5.10 Å². The van der Waals surface area contributed by atoms with Crippen LogP contribution in [0, 0.1) is 0 Å². The lowest BCUT2D eigenvalue weighted by Crippen LogP contribution is -2.54. The number of sulfonamides is 1. The van der Waals surface area contributed by atoms with Crippen molar-refractivity contribution >= 4 is 74.2 Å². The van der Waals surface area contributed by atoms with Crippen molar-refractivity contribution in [3.05, 3.63) is 101 Å². The highest BCUT2D eigenvalue weighted by Crippen LogP contribution is 2.35. The number of halogens is 3. The first-order valence-corrected chi connectivity index (χ1v) is 23.1. The Balaban J connectivity index is 0.822. The summed E-state index contributed by atoms with van der Waals surface area (Å²) >= 11 is 0. The third-order valence-electron chi connectivity index (χ3n) is 11.0. The number of imide groups is 2. The number of alkyl halides is 3. The number of carbonyl (C=O) groups is 5. The Bertz CT molecular complexity index is 2790. The van der Waals surface area contributed by atoms with Crippen molar-refractivity contribution in [2.24, 2.45) is 0 Å². The van der Waals surface area contributed by atoms with E-state index >= 15 is 0 Å². The van der Waals surface area contributed by atoms with Gasteiger partial charge in [-0.3, -0.25) is 43.2 Å². The average Bonchev–Trinajstić information content (AvgIpc) is 3.87. The van der Waals surface area contributed by atoms with Gasteiger partial charge in [0.25, 0.3) is 17.7 Å². The molecule has 1 saturated heterocycles. The van der Waals surface area contributed by atoms with Crippen LogP contribution in [0.25, 0.3) is 0 Å². The number of fused-ring (bicyclic) bond motifs is 1. The maximum Gasteiger partial charge on any atom is 0.421 e. The molecule has 1 unspecified atom stereocenters. The van der Waals surface area contributed by atoms with Crippen molar-refractivity contribution in [3.63, 3.8) is 0 Å². The second kappa shape index (κ2) is 20.3. The van der Waals surface area contributed by atoms with E-state index in [1.54, 1.807) is 53.3 Å². The fraction of sp³-hybridized carbons (Fsp3) is 0.349. The molecular weight excluding hydrogens is 900 g/mol. The van der Waals surface area contributed by atoms with Crippen molar-refractivity contribution in [3.8, 4) is 0 Å². The van der Waals surface area contributed by atoms with E-state index < -0.39 is 63.2 Å². The molecule has 5 heterocycles. The second-order valence-corrected chi connectivity index (χ2v) is 17.8. The number of piperidine rings is 1. The summed E-state index contributed by atoms with van der Waals surface area (Å²) in [4.78, 5) is 76.2. The van der Waals surface area contributed by atoms with E-state index in [1.807, 2.05) is 0 Å². The molecule has 20 nitrogen and oxygen atoms in total. The van der Waals surface area contributed by atoms with Crippen molar-refractivity contribution in [1.29, 1.82) is 0 Å². The van der Waals surface area contributed by atoms with Gasteiger partial charge in [0.2, 0.25) is 27.8 Å². The van der Waals surface area contributed by atoms with Gasteiger partial charge in [-0.05, 0) is 61.7 Å². The van der Waals surface area contributed by atoms with Crippen molar-refractivity contribution < 1.29 is 45.6 Å². The zero-order valence-electron chi connectivity index (χ0n) is 36.3. The molecule has 5 aromatic rings. The molecule has 24 heteroatoms. The molecule has 1 atom stereocenters. The zero-order chi connectivity index (χ0) is 47.9. The minimum absolute atomic E-state index is 0.0405. The minimum Gasteiger partial charge on any atom is -0.384 e. The van der Waals surface area contributed by atoms with Gasteiger partial charge in [-0.2, -0.15) is 18.2 Å². The Hall–Kier alpha value is -7.50. The molecule has 0 bridgehead atoms. The molecule has 5 N–H and O–H groups in total. The average molecular weight is 946 g/mol. The van der Waals surface area contributed by atoms with Crippen LogP contribution in [0.1, 0.15) is 93.7 Å². The zero-order valence-corrected chi connectivity index (χ0v) is 37.1. The maximum atomic E-state index is 13.9. The standard InChI is InChI=1S/C43H46F3N13O7S/c1-57(67(2,65)66)37-26(11-10-21-48-37)23-49-36-30(43(44,45)46)24-50-42(54-36)52-28-16-14-27(15-17-28)51-38(61)32-25-58(56-55-32)22-8-6-4-3-5-7-20-47-31-13-9-12-29-35(31)41(64)59(40(29)63)33-18-19-34(60)53-39(33)62/h9-17,21,24-25,33,47H,3-8,18-20,22-23H2,1-2H3,(H,51,61)(H,53,60,62)(H2,49,50,52,54). The van der Waals surface area contributed by atoms with Crippen LogP contribution >= 0.6 is 0 Å². The number of carbonyl (C=O) groups excluding carboxylic acids is 5. The first-order valence-electron chi connectivity index (χ1n) is 21.2. The number of unbranched alkanes of at least 4 members (excludes halogenated alkanes) is 5. The Kier molecular flexibility index (Phi) is 14.4. The molecule has 0 spiro atoms. The van der Waals surface area contributed by atoms with Crippen LogP contribution in [0.2, 0.25) is 0 Å². The number of benzene rings is 2. The third kappa shape index (κ3) is 11.5. The van der Waals surface area contributed by atoms with E-state index in [0.29, 0.717) is 41.9 Å². The molecule has 5 amide bonds. The van der Waals surface area contributed by atoms with Gasteiger partial charge >= 0.3 is 6.18 Å². The van der Waals surface area contributed by atoms with E-state index in [9.17, 15) is 45.6 Å². The summed E-state index contributed by atoms with van der Waals surface area (Å²) in [5, 5.41) is 21.7. The minimum atomic E-state index is -4.80. The van der Waals surface area contributed by atoms with E-state index in [-0.39, 0.29) is 48.0 Å². The highest BCUT2D eigenvalue weighted by Gasteiger charge is 2.45. The Morgan fingerprint density at radius 2 is 1.64 bits per heavy atom. The highest BCUT2D eigenvalue weighted by atomic mass is 32.2. The molecule has 0 aliphatic carbocycles. The van der Waals surface area contributed by atoms with Gasteiger partial charge in [0.15, 0.2) is 5.69 Å². The number of pyridine rings is 1. The fourth-order valence-corrected chi connectivity index (χ4v) is 7.91. The molecular formula is C43H46F3N13O7S. The molecule has 352 valence electrons.